The van der Waals surface area contributed by atoms with E-state index in [0.29, 0.717) is 30.3 Å². The molecule has 2 aliphatic rings. The molecule has 0 aliphatic carbocycles. The first-order valence-corrected chi connectivity index (χ1v) is 11.3. The number of fused-ring (bicyclic) bond motifs is 1. The number of nitrogens with zero attached hydrogens (tertiary/aromatic N) is 1. The largest absolute Gasteiger partial charge is 0.490 e. The molecule has 0 bridgehead atoms. The average Bonchev–Trinajstić information content (AvgIpc) is 3.17. The monoisotopic (exact) mass is 416 g/mol. The predicted molar refractivity (Wildman–Crippen MR) is 108 cm³/mol. The number of carbonyl (C=O) groups excluding carboxylic acids is 1. The summed E-state index contributed by atoms with van der Waals surface area (Å²) in [6, 6.07) is 11.7. The van der Waals surface area contributed by atoms with Crippen molar-refractivity contribution in [3.63, 3.8) is 0 Å². The molecule has 0 saturated carbocycles. The van der Waals surface area contributed by atoms with E-state index >= 15 is 0 Å². The molecule has 0 radical (unpaired) electrons. The molecule has 2 aliphatic heterocycles. The highest BCUT2D eigenvalue weighted by molar-refractivity contribution is 7.89. The maximum Gasteiger partial charge on any atom is 0.253 e. The fourth-order valence-electron chi connectivity index (χ4n) is 3.44. The molecule has 1 fully saturated rings. The van der Waals surface area contributed by atoms with Crippen LogP contribution in [0.5, 0.6) is 11.5 Å². The highest BCUT2D eigenvalue weighted by Crippen LogP contribution is 2.31. The average molecular weight is 416 g/mol. The summed E-state index contributed by atoms with van der Waals surface area (Å²) < 4.78 is 39.0. The van der Waals surface area contributed by atoms with E-state index in [1.807, 2.05) is 4.90 Å². The first kappa shape index (κ1) is 19.7. The van der Waals surface area contributed by atoms with Gasteiger partial charge >= 0.3 is 0 Å². The van der Waals surface area contributed by atoms with Crippen LogP contribution in [0.4, 0.5) is 0 Å². The molecule has 29 heavy (non-hydrogen) atoms. The van der Waals surface area contributed by atoms with Crippen molar-refractivity contribution in [1.82, 2.24) is 9.62 Å². The second kappa shape index (κ2) is 8.42. The summed E-state index contributed by atoms with van der Waals surface area (Å²) in [5.74, 6) is 1.02. The van der Waals surface area contributed by atoms with Gasteiger partial charge < -0.3 is 14.4 Å². The van der Waals surface area contributed by atoms with Crippen molar-refractivity contribution in [1.29, 1.82) is 0 Å². The van der Waals surface area contributed by atoms with Crippen molar-refractivity contribution >= 4 is 15.9 Å². The molecule has 4 rings (SSSR count). The van der Waals surface area contributed by atoms with E-state index < -0.39 is 10.0 Å². The van der Waals surface area contributed by atoms with E-state index in [4.69, 9.17) is 9.47 Å². The van der Waals surface area contributed by atoms with E-state index in [9.17, 15) is 13.2 Å². The predicted octanol–water partition coefficient (Wildman–Crippen LogP) is 2.56. The lowest BCUT2D eigenvalue weighted by Crippen LogP contribution is -2.27. The minimum atomic E-state index is -3.70. The quantitative estimate of drug-likeness (QED) is 0.810. The van der Waals surface area contributed by atoms with Crippen LogP contribution in [0, 0.1) is 0 Å². The maximum atomic E-state index is 12.7. The van der Waals surface area contributed by atoms with Crippen molar-refractivity contribution in [2.75, 3.05) is 26.3 Å². The number of ether oxygens (including phenoxy) is 2. The van der Waals surface area contributed by atoms with Gasteiger partial charge in [0.15, 0.2) is 11.5 Å². The first-order chi connectivity index (χ1) is 14.0. The third kappa shape index (κ3) is 4.54. The smallest absolute Gasteiger partial charge is 0.253 e. The topological polar surface area (TPSA) is 84.9 Å². The first-order valence-electron chi connectivity index (χ1n) is 9.80. The minimum absolute atomic E-state index is 0.0295. The number of likely N-dealkylation sites (tertiary alicyclic amines) is 1. The summed E-state index contributed by atoms with van der Waals surface area (Å²) in [7, 11) is -3.70. The van der Waals surface area contributed by atoms with Crippen LogP contribution in [-0.4, -0.2) is 45.5 Å². The SMILES string of the molecule is O=C(c1ccc(CNS(=O)(=O)c2ccc3c(c2)OCCCO3)cc1)N1CCCC1. The van der Waals surface area contributed by atoms with Gasteiger partial charge in [-0.25, -0.2) is 13.1 Å². The molecule has 1 N–H and O–H groups in total. The zero-order valence-electron chi connectivity index (χ0n) is 16.1. The molecule has 0 unspecified atom stereocenters. The molecule has 1 amide bonds. The Bertz CT molecular complexity index is 983. The Hall–Kier alpha value is -2.58. The van der Waals surface area contributed by atoms with Gasteiger partial charge in [0.05, 0.1) is 18.1 Å². The Balaban J connectivity index is 1.41. The van der Waals surface area contributed by atoms with Crippen LogP contribution in [0.15, 0.2) is 47.4 Å². The lowest BCUT2D eigenvalue weighted by molar-refractivity contribution is 0.0793. The van der Waals surface area contributed by atoms with Crippen molar-refractivity contribution < 1.29 is 22.7 Å². The van der Waals surface area contributed by atoms with Gasteiger partial charge in [0.2, 0.25) is 10.0 Å². The van der Waals surface area contributed by atoms with Gasteiger partial charge in [0.1, 0.15) is 0 Å². The standard InChI is InChI=1S/C21H24N2O5S/c24-21(23-10-1-2-11-23)17-6-4-16(5-7-17)15-22-29(25,26)18-8-9-19-20(14-18)28-13-3-12-27-19/h4-9,14,22H,1-3,10-13,15H2. The van der Waals surface area contributed by atoms with Crippen LogP contribution >= 0.6 is 0 Å². The number of nitrogens with one attached hydrogen (secondary N) is 1. The Labute approximate surface area is 170 Å². The van der Waals surface area contributed by atoms with Crippen molar-refractivity contribution in [2.45, 2.75) is 30.7 Å². The second-order valence-corrected chi connectivity index (χ2v) is 8.95. The molecule has 0 aromatic heterocycles. The summed E-state index contributed by atoms with van der Waals surface area (Å²) in [5.41, 5.74) is 1.40. The Morgan fingerprint density at radius 1 is 0.931 bits per heavy atom. The van der Waals surface area contributed by atoms with Crippen molar-refractivity contribution in [3.8, 4) is 11.5 Å². The van der Waals surface area contributed by atoms with Crippen LogP contribution in [0.3, 0.4) is 0 Å². The van der Waals surface area contributed by atoms with E-state index in [1.165, 1.54) is 12.1 Å². The van der Waals surface area contributed by atoms with Gasteiger partial charge in [-0.2, -0.15) is 0 Å². The highest BCUT2D eigenvalue weighted by atomic mass is 32.2. The fraction of sp³-hybridized carbons (Fsp3) is 0.381. The summed E-state index contributed by atoms with van der Waals surface area (Å²) in [6.07, 6.45) is 2.85. The number of rotatable bonds is 5. The van der Waals surface area contributed by atoms with Gasteiger partial charge in [0.25, 0.3) is 5.91 Å². The number of benzene rings is 2. The van der Waals surface area contributed by atoms with E-state index in [0.717, 1.165) is 37.9 Å². The Morgan fingerprint density at radius 2 is 1.62 bits per heavy atom. The van der Waals surface area contributed by atoms with Crippen molar-refractivity contribution in [3.05, 3.63) is 53.6 Å². The van der Waals surface area contributed by atoms with Gasteiger partial charge in [-0.15, -0.1) is 0 Å². The zero-order valence-corrected chi connectivity index (χ0v) is 16.9. The summed E-state index contributed by atoms with van der Waals surface area (Å²) in [4.78, 5) is 14.4. The molecular weight excluding hydrogens is 392 g/mol. The normalized spacial score (nSPS) is 16.5. The molecule has 154 valence electrons. The molecule has 0 atom stereocenters. The lowest BCUT2D eigenvalue weighted by atomic mass is 10.1. The van der Waals surface area contributed by atoms with Crippen LogP contribution in [0.1, 0.15) is 35.2 Å². The zero-order chi connectivity index (χ0) is 20.3. The minimum Gasteiger partial charge on any atom is -0.490 e. The Morgan fingerprint density at radius 3 is 2.34 bits per heavy atom. The fourth-order valence-corrected chi connectivity index (χ4v) is 4.47. The van der Waals surface area contributed by atoms with E-state index in [1.54, 1.807) is 30.3 Å². The lowest BCUT2D eigenvalue weighted by Gasteiger charge is -2.15. The van der Waals surface area contributed by atoms with Gasteiger partial charge in [-0.05, 0) is 42.7 Å². The molecule has 8 heteroatoms. The molecule has 0 spiro atoms. The molecule has 2 heterocycles. The van der Waals surface area contributed by atoms with Crippen LogP contribution in [0.2, 0.25) is 0 Å². The molecule has 2 aromatic carbocycles. The summed E-state index contributed by atoms with van der Waals surface area (Å²) in [6.45, 7) is 2.78. The maximum absolute atomic E-state index is 12.7. The number of carbonyl (C=O) groups is 1. The van der Waals surface area contributed by atoms with Gasteiger partial charge in [-0.3, -0.25) is 4.79 Å². The second-order valence-electron chi connectivity index (χ2n) is 7.18. The van der Waals surface area contributed by atoms with Gasteiger partial charge in [0, 0.05) is 37.7 Å². The van der Waals surface area contributed by atoms with Gasteiger partial charge in [-0.1, -0.05) is 12.1 Å². The summed E-state index contributed by atoms with van der Waals surface area (Å²) in [5, 5.41) is 0. The Kier molecular flexibility index (Phi) is 5.73. The third-order valence-electron chi connectivity index (χ3n) is 5.09. The number of hydrogen-bond donors (Lipinski definition) is 1. The highest BCUT2D eigenvalue weighted by Gasteiger charge is 2.20. The van der Waals surface area contributed by atoms with Crippen LogP contribution in [0.25, 0.3) is 0 Å². The number of sulfonamides is 1. The number of hydrogen-bond acceptors (Lipinski definition) is 5. The molecule has 1 saturated heterocycles. The molecule has 7 nitrogen and oxygen atoms in total. The van der Waals surface area contributed by atoms with Crippen LogP contribution < -0.4 is 14.2 Å². The number of amides is 1. The van der Waals surface area contributed by atoms with E-state index in [-0.39, 0.29) is 17.3 Å². The molecule has 2 aromatic rings. The van der Waals surface area contributed by atoms with Crippen molar-refractivity contribution in [2.24, 2.45) is 0 Å². The van der Waals surface area contributed by atoms with E-state index in [2.05, 4.69) is 4.72 Å². The van der Waals surface area contributed by atoms with Crippen LogP contribution in [-0.2, 0) is 16.6 Å². The third-order valence-corrected chi connectivity index (χ3v) is 6.49. The molecular formula is C21H24N2O5S. The summed E-state index contributed by atoms with van der Waals surface area (Å²) >= 11 is 0.